The Kier molecular flexibility index (Phi) is 8.67. The molecule has 3 aromatic carbocycles. The lowest BCUT2D eigenvalue weighted by molar-refractivity contribution is -0.121. The predicted molar refractivity (Wildman–Crippen MR) is 132 cm³/mol. The van der Waals surface area contributed by atoms with Gasteiger partial charge in [0.1, 0.15) is 5.82 Å². The number of sulfonamides is 1. The van der Waals surface area contributed by atoms with Crippen molar-refractivity contribution in [3.63, 3.8) is 0 Å². The minimum atomic E-state index is -4.17. The molecule has 0 saturated carbocycles. The van der Waals surface area contributed by atoms with Crippen molar-refractivity contribution in [3.05, 3.63) is 98.2 Å². The quantitative estimate of drug-likeness (QED) is 0.304. The van der Waals surface area contributed by atoms with Gasteiger partial charge in [-0.2, -0.15) is 9.41 Å². The van der Waals surface area contributed by atoms with Crippen LogP contribution in [0.25, 0.3) is 0 Å². The summed E-state index contributed by atoms with van der Waals surface area (Å²) >= 11 is 18.0. The third-order valence-electron chi connectivity index (χ3n) is 4.73. The lowest BCUT2D eigenvalue weighted by Crippen LogP contribution is -2.39. The second-order valence-corrected chi connectivity index (χ2v) is 10.4. The number of hydrogen-bond donors (Lipinski definition) is 1. The Balaban J connectivity index is 1.85. The van der Waals surface area contributed by atoms with Gasteiger partial charge in [0, 0.05) is 27.7 Å². The number of aryl methyl sites for hydroxylation is 1. The Morgan fingerprint density at radius 3 is 2.41 bits per heavy atom. The number of hydrazone groups is 1. The molecule has 1 amide bonds. The zero-order valence-electron chi connectivity index (χ0n) is 17.8. The normalized spacial score (nSPS) is 11.8. The average Bonchev–Trinajstić information content (AvgIpc) is 2.77. The number of nitrogens with zero attached hydrogens (tertiary/aromatic N) is 2. The number of hydrogen-bond acceptors (Lipinski definition) is 4. The lowest BCUT2D eigenvalue weighted by atomic mass is 10.2. The van der Waals surface area contributed by atoms with Crippen LogP contribution in [0.15, 0.2) is 70.7 Å². The minimum Gasteiger partial charge on any atom is -0.272 e. The van der Waals surface area contributed by atoms with Crippen LogP contribution in [0.1, 0.15) is 16.7 Å². The van der Waals surface area contributed by atoms with Crippen molar-refractivity contribution in [2.45, 2.75) is 18.4 Å². The summed E-state index contributed by atoms with van der Waals surface area (Å²) in [5.74, 6) is -1.43. The summed E-state index contributed by atoms with van der Waals surface area (Å²) < 4.78 is 41.8. The summed E-state index contributed by atoms with van der Waals surface area (Å²) in [5, 5.41) is 4.62. The Bertz CT molecular complexity index is 1310. The first-order valence-corrected chi connectivity index (χ1v) is 12.4. The molecule has 0 saturated heterocycles. The van der Waals surface area contributed by atoms with Crippen molar-refractivity contribution < 1.29 is 17.6 Å². The number of carbonyl (C=O) groups is 1. The molecule has 3 aromatic rings. The zero-order valence-corrected chi connectivity index (χ0v) is 20.9. The number of rotatable bonds is 8. The first-order valence-electron chi connectivity index (χ1n) is 9.84. The van der Waals surface area contributed by atoms with E-state index in [-0.39, 0.29) is 15.5 Å². The van der Waals surface area contributed by atoms with Crippen LogP contribution in [0.3, 0.4) is 0 Å². The summed E-state index contributed by atoms with van der Waals surface area (Å²) in [6.45, 7) is 0.722. The Morgan fingerprint density at radius 1 is 1.06 bits per heavy atom. The molecule has 0 spiro atoms. The van der Waals surface area contributed by atoms with E-state index < -0.39 is 34.8 Å². The standard InChI is InChI=1S/C23H19Cl3FN3O3S/c1-15-5-9-18(10-6-15)34(32,33)30(13-19-20(25)3-2-4-22(19)27)14-23(31)29-28-12-16-7-8-17(24)11-21(16)26/h2-12H,13-14H2,1H3,(H,29,31)/b28-12-. The van der Waals surface area contributed by atoms with Gasteiger partial charge in [-0.05, 0) is 43.3 Å². The summed E-state index contributed by atoms with van der Waals surface area (Å²) in [6, 6.07) is 14.8. The van der Waals surface area contributed by atoms with E-state index in [4.69, 9.17) is 34.8 Å². The van der Waals surface area contributed by atoms with Gasteiger partial charge in [0.2, 0.25) is 10.0 Å². The van der Waals surface area contributed by atoms with Crippen molar-refractivity contribution >= 4 is 56.9 Å². The van der Waals surface area contributed by atoms with Crippen LogP contribution in [0, 0.1) is 12.7 Å². The first kappa shape index (κ1) is 26.1. The van der Waals surface area contributed by atoms with Crippen molar-refractivity contribution in [2.24, 2.45) is 5.10 Å². The monoisotopic (exact) mass is 541 g/mol. The SMILES string of the molecule is Cc1ccc(S(=O)(=O)N(CC(=O)N/N=C\c2ccc(Cl)cc2Cl)Cc2c(F)cccc2Cl)cc1. The molecule has 3 rings (SSSR count). The molecule has 0 heterocycles. The highest BCUT2D eigenvalue weighted by Crippen LogP contribution is 2.25. The zero-order chi connectivity index (χ0) is 24.9. The van der Waals surface area contributed by atoms with Crippen LogP contribution < -0.4 is 5.43 Å². The van der Waals surface area contributed by atoms with E-state index in [2.05, 4.69) is 10.5 Å². The lowest BCUT2D eigenvalue weighted by Gasteiger charge is -2.22. The molecule has 34 heavy (non-hydrogen) atoms. The molecule has 0 aliphatic carbocycles. The van der Waals surface area contributed by atoms with Gasteiger partial charge in [-0.15, -0.1) is 0 Å². The highest BCUT2D eigenvalue weighted by Gasteiger charge is 2.28. The van der Waals surface area contributed by atoms with Crippen molar-refractivity contribution in [3.8, 4) is 0 Å². The largest absolute Gasteiger partial charge is 0.272 e. The molecule has 178 valence electrons. The number of carbonyl (C=O) groups excluding carboxylic acids is 1. The maximum Gasteiger partial charge on any atom is 0.255 e. The summed E-state index contributed by atoms with van der Waals surface area (Å²) in [7, 11) is -4.17. The maximum absolute atomic E-state index is 14.4. The van der Waals surface area contributed by atoms with Gasteiger partial charge in [0.25, 0.3) is 5.91 Å². The van der Waals surface area contributed by atoms with E-state index in [9.17, 15) is 17.6 Å². The van der Waals surface area contributed by atoms with Crippen LogP contribution >= 0.6 is 34.8 Å². The van der Waals surface area contributed by atoms with E-state index in [0.29, 0.717) is 15.6 Å². The number of amides is 1. The van der Waals surface area contributed by atoms with Crippen LogP contribution in [0.5, 0.6) is 0 Å². The number of halogens is 4. The van der Waals surface area contributed by atoms with Gasteiger partial charge in [0.05, 0.1) is 22.7 Å². The smallest absolute Gasteiger partial charge is 0.255 e. The molecule has 0 unspecified atom stereocenters. The molecule has 0 fully saturated rings. The highest BCUT2D eigenvalue weighted by molar-refractivity contribution is 7.89. The fourth-order valence-corrected chi connectivity index (χ4v) is 4.96. The molecule has 1 N–H and O–H groups in total. The van der Waals surface area contributed by atoms with Gasteiger partial charge in [-0.25, -0.2) is 18.2 Å². The second-order valence-electron chi connectivity index (χ2n) is 7.25. The van der Waals surface area contributed by atoms with Crippen LogP contribution in [-0.2, 0) is 21.4 Å². The van der Waals surface area contributed by atoms with Gasteiger partial charge in [-0.3, -0.25) is 4.79 Å². The summed E-state index contributed by atoms with van der Waals surface area (Å²) in [4.78, 5) is 12.5. The molecule has 6 nitrogen and oxygen atoms in total. The summed E-state index contributed by atoms with van der Waals surface area (Å²) in [6.07, 6.45) is 1.29. The molecular formula is C23H19Cl3FN3O3S. The second kappa shape index (κ2) is 11.3. The molecule has 0 radical (unpaired) electrons. The first-order chi connectivity index (χ1) is 16.1. The van der Waals surface area contributed by atoms with E-state index >= 15 is 0 Å². The number of benzene rings is 3. The molecule has 0 bridgehead atoms. The van der Waals surface area contributed by atoms with Gasteiger partial charge in [-0.1, -0.05) is 64.6 Å². The third-order valence-corrected chi connectivity index (χ3v) is 7.45. The van der Waals surface area contributed by atoms with Crippen molar-refractivity contribution in [1.29, 1.82) is 0 Å². The molecule has 11 heteroatoms. The topological polar surface area (TPSA) is 78.8 Å². The molecular weight excluding hydrogens is 524 g/mol. The van der Waals surface area contributed by atoms with E-state index in [0.717, 1.165) is 15.9 Å². The van der Waals surface area contributed by atoms with Crippen molar-refractivity contribution in [2.75, 3.05) is 6.54 Å². The third kappa shape index (κ3) is 6.55. The maximum atomic E-state index is 14.4. The van der Waals surface area contributed by atoms with Gasteiger partial charge in [0.15, 0.2) is 0 Å². The molecule has 0 atom stereocenters. The fourth-order valence-electron chi connectivity index (χ4n) is 2.92. The molecule has 0 aliphatic heterocycles. The van der Waals surface area contributed by atoms with Gasteiger partial charge < -0.3 is 0 Å². The minimum absolute atomic E-state index is 0.0416. The highest BCUT2D eigenvalue weighted by atomic mass is 35.5. The van der Waals surface area contributed by atoms with E-state index in [1.54, 1.807) is 24.3 Å². The molecule has 0 aliphatic rings. The summed E-state index contributed by atoms with van der Waals surface area (Å²) in [5.41, 5.74) is 3.56. The Labute approximate surface area is 212 Å². The Hall–Kier alpha value is -2.49. The number of nitrogens with one attached hydrogen (secondary N) is 1. The van der Waals surface area contributed by atoms with Crippen LogP contribution in [0.2, 0.25) is 15.1 Å². The average molecular weight is 543 g/mol. The van der Waals surface area contributed by atoms with Crippen LogP contribution in [0.4, 0.5) is 4.39 Å². The molecule has 0 aromatic heterocycles. The Morgan fingerprint density at radius 2 is 1.76 bits per heavy atom. The van der Waals surface area contributed by atoms with Crippen molar-refractivity contribution in [1.82, 2.24) is 9.73 Å². The van der Waals surface area contributed by atoms with Crippen LogP contribution in [-0.4, -0.2) is 31.4 Å². The predicted octanol–water partition coefficient (Wildman–Crippen LogP) is 5.44. The van der Waals surface area contributed by atoms with Gasteiger partial charge >= 0.3 is 0 Å². The van der Waals surface area contributed by atoms with E-state index in [1.165, 1.54) is 36.5 Å². The van der Waals surface area contributed by atoms with E-state index in [1.807, 2.05) is 6.92 Å². The fraction of sp³-hybridized carbons (Fsp3) is 0.130.